The number of benzene rings is 1. The molecule has 4 N–H and O–H groups in total. The monoisotopic (exact) mass is 566 g/mol. The summed E-state index contributed by atoms with van der Waals surface area (Å²) in [7, 11) is 0. The summed E-state index contributed by atoms with van der Waals surface area (Å²) in [5.41, 5.74) is 0.319. The zero-order valence-corrected chi connectivity index (χ0v) is 24.2. The molecule has 2 aromatic rings. The first-order valence-corrected chi connectivity index (χ1v) is 14.7. The third-order valence-electron chi connectivity index (χ3n) is 7.88. The van der Waals surface area contributed by atoms with Crippen LogP contribution in [0.2, 0.25) is 0 Å². The highest BCUT2D eigenvalue weighted by Crippen LogP contribution is 2.28. The number of furan rings is 1. The Balaban J connectivity index is 1.52. The van der Waals surface area contributed by atoms with Gasteiger partial charge in [-0.3, -0.25) is 24.0 Å². The van der Waals surface area contributed by atoms with E-state index in [2.05, 4.69) is 21.3 Å². The Morgan fingerprint density at radius 3 is 2.37 bits per heavy atom. The molecule has 4 amide bonds. The molecule has 0 unspecified atom stereocenters. The highest BCUT2D eigenvalue weighted by atomic mass is 16.3. The van der Waals surface area contributed by atoms with Crippen molar-refractivity contribution in [1.29, 1.82) is 0 Å². The zero-order valence-electron chi connectivity index (χ0n) is 24.2. The molecule has 2 aliphatic rings. The van der Waals surface area contributed by atoms with Crippen LogP contribution in [-0.4, -0.2) is 54.6 Å². The van der Waals surface area contributed by atoms with E-state index in [1.54, 1.807) is 12.1 Å². The normalized spacial score (nSPS) is 19.3. The molecule has 0 radical (unpaired) electrons. The molecule has 1 aliphatic carbocycles. The lowest BCUT2D eigenvalue weighted by Gasteiger charge is -2.28. The first kappa shape index (κ1) is 30.3. The van der Waals surface area contributed by atoms with Crippen LogP contribution in [0.4, 0.5) is 0 Å². The van der Waals surface area contributed by atoms with E-state index in [-0.39, 0.29) is 36.0 Å². The fourth-order valence-electron chi connectivity index (χ4n) is 5.56. The maximum atomic E-state index is 13.7. The Bertz CT molecular complexity index is 1240. The topological polar surface area (TPSA) is 147 Å². The van der Waals surface area contributed by atoms with Crippen molar-refractivity contribution in [2.24, 2.45) is 17.3 Å². The van der Waals surface area contributed by atoms with Crippen LogP contribution in [0.25, 0.3) is 11.0 Å². The number of carbonyl (C=O) groups is 5. The van der Waals surface area contributed by atoms with E-state index in [4.69, 9.17) is 4.42 Å². The Morgan fingerprint density at radius 2 is 1.71 bits per heavy atom. The maximum Gasteiger partial charge on any atom is 0.289 e. The Labute approximate surface area is 240 Å². The largest absolute Gasteiger partial charge is 0.451 e. The van der Waals surface area contributed by atoms with Gasteiger partial charge in [-0.2, -0.15) is 0 Å². The number of hydrogen-bond acceptors (Lipinski definition) is 6. The van der Waals surface area contributed by atoms with Gasteiger partial charge in [0.15, 0.2) is 5.76 Å². The molecule has 1 aliphatic heterocycles. The van der Waals surface area contributed by atoms with E-state index >= 15 is 0 Å². The number of fused-ring (bicyclic) bond motifs is 1. The van der Waals surface area contributed by atoms with Gasteiger partial charge in [-0.1, -0.05) is 71.1 Å². The van der Waals surface area contributed by atoms with Crippen molar-refractivity contribution in [1.82, 2.24) is 21.3 Å². The summed E-state index contributed by atoms with van der Waals surface area (Å²) >= 11 is 0. The summed E-state index contributed by atoms with van der Waals surface area (Å²) in [6, 6.07) is 6.74. The van der Waals surface area contributed by atoms with Gasteiger partial charge in [-0.05, 0) is 42.7 Å². The maximum absolute atomic E-state index is 13.7. The van der Waals surface area contributed by atoms with Crippen molar-refractivity contribution >= 4 is 40.4 Å². The molecule has 0 bridgehead atoms. The Morgan fingerprint density at radius 1 is 0.976 bits per heavy atom. The number of ketones is 1. The second-order valence-electron chi connectivity index (χ2n) is 12.6. The van der Waals surface area contributed by atoms with Crippen LogP contribution in [0.3, 0.4) is 0 Å². The number of nitrogens with one attached hydrogen (secondary N) is 4. The Kier molecular flexibility index (Phi) is 9.83. The van der Waals surface area contributed by atoms with E-state index in [0.717, 1.165) is 37.5 Å². The van der Waals surface area contributed by atoms with Crippen LogP contribution in [0.5, 0.6) is 0 Å². The number of amides is 4. The Hall–Kier alpha value is -3.69. The van der Waals surface area contributed by atoms with Crippen LogP contribution < -0.4 is 21.3 Å². The number of para-hydroxylation sites is 1. The SMILES string of the molecule is CC(C)(C)CNC(=O)C(=O)[C@H](C[C@@H]1CCNC1=O)NC(=O)[C@H](CC1CCCCC1)NC(=O)c1cc2ccccc2o1. The summed E-state index contributed by atoms with van der Waals surface area (Å²) in [5, 5.41) is 11.7. The van der Waals surface area contributed by atoms with Crippen LogP contribution >= 0.6 is 0 Å². The van der Waals surface area contributed by atoms with Crippen LogP contribution in [-0.2, 0) is 19.2 Å². The van der Waals surface area contributed by atoms with E-state index < -0.39 is 41.5 Å². The van der Waals surface area contributed by atoms with Gasteiger partial charge in [0.25, 0.3) is 11.8 Å². The average Bonchev–Trinajstić information content (AvgIpc) is 3.56. The summed E-state index contributed by atoms with van der Waals surface area (Å²) < 4.78 is 5.71. The molecule has 4 rings (SSSR count). The van der Waals surface area contributed by atoms with Crippen molar-refractivity contribution in [3.8, 4) is 0 Å². The molecular formula is C31H42N4O6. The minimum Gasteiger partial charge on any atom is -0.451 e. The van der Waals surface area contributed by atoms with E-state index in [1.165, 1.54) is 0 Å². The molecule has 1 saturated heterocycles. The lowest BCUT2D eigenvalue weighted by Crippen LogP contribution is -2.55. The second kappa shape index (κ2) is 13.3. The van der Waals surface area contributed by atoms with Crippen LogP contribution in [0.1, 0.15) is 82.7 Å². The number of rotatable bonds is 11. The molecule has 222 valence electrons. The number of hydrogen-bond donors (Lipinski definition) is 4. The van der Waals surface area contributed by atoms with E-state index in [1.807, 2.05) is 39.0 Å². The molecule has 1 aromatic heterocycles. The molecule has 2 heterocycles. The average molecular weight is 567 g/mol. The summed E-state index contributed by atoms with van der Waals surface area (Å²) in [6.45, 7) is 6.55. The van der Waals surface area contributed by atoms with Crippen LogP contribution in [0.15, 0.2) is 34.7 Å². The molecular weight excluding hydrogens is 524 g/mol. The molecule has 10 heteroatoms. The third kappa shape index (κ3) is 8.41. The third-order valence-corrected chi connectivity index (χ3v) is 7.88. The van der Waals surface area contributed by atoms with Gasteiger partial charge in [0.05, 0.1) is 6.04 Å². The fraction of sp³-hybridized carbons (Fsp3) is 0.581. The predicted octanol–water partition coefficient (Wildman–Crippen LogP) is 3.24. The van der Waals surface area contributed by atoms with Gasteiger partial charge in [0, 0.05) is 24.4 Å². The first-order chi connectivity index (χ1) is 19.5. The van der Waals surface area contributed by atoms with Crippen molar-refractivity contribution in [2.45, 2.75) is 84.2 Å². The van der Waals surface area contributed by atoms with E-state index in [9.17, 15) is 24.0 Å². The van der Waals surface area contributed by atoms with Gasteiger partial charge >= 0.3 is 0 Å². The fourth-order valence-corrected chi connectivity index (χ4v) is 5.56. The number of Topliss-reactive ketones (excluding diaryl/α,β-unsaturated/α-hetero) is 1. The summed E-state index contributed by atoms with van der Waals surface area (Å²) in [6.07, 6.45) is 6.07. The molecule has 0 spiro atoms. The van der Waals surface area contributed by atoms with E-state index in [0.29, 0.717) is 25.0 Å². The second-order valence-corrected chi connectivity index (χ2v) is 12.6. The molecule has 3 atom stereocenters. The lowest BCUT2D eigenvalue weighted by molar-refractivity contribution is -0.141. The molecule has 41 heavy (non-hydrogen) atoms. The standard InChI is InChI=1S/C31H42N4O6/c1-31(2,3)18-33-30(40)26(36)22(16-21-13-14-32-27(21)37)34-28(38)23(15-19-9-5-4-6-10-19)35-29(39)25-17-20-11-7-8-12-24(20)41-25/h7-8,11-12,17,19,21-23H,4-6,9-10,13-16,18H2,1-3H3,(H,32,37)(H,33,40)(H,34,38)(H,35,39)/t21-,22-,23-/m0/s1. The quantitative estimate of drug-likeness (QED) is 0.307. The molecule has 1 saturated carbocycles. The van der Waals surface area contributed by atoms with Gasteiger partial charge in [-0.15, -0.1) is 0 Å². The van der Waals surface area contributed by atoms with Crippen molar-refractivity contribution in [2.75, 3.05) is 13.1 Å². The minimum absolute atomic E-state index is 0.00696. The van der Waals surface area contributed by atoms with Crippen molar-refractivity contribution in [3.63, 3.8) is 0 Å². The van der Waals surface area contributed by atoms with Gasteiger partial charge in [0.2, 0.25) is 17.6 Å². The number of carbonyl (C=O) groups excluding carboxylic acids is 5. The smallest absolute Gasteiger partial charge is 0.289 e. The minimum atomic E-state index is -1.20. The summed E-state index contributed by atoms with van der Waals surface area (Å²) in [4.78, 5) is 65.4. The van der Waals surface area contributed by atoms with Crippen molar-refractivity contribution < 1.29 is 28.4 Å². The zero-order chi connectivity index (χ0) is 29.6. The molecule has 10 nitrogen and oxygen atoms in total. The van der Waals surface area contributed by atoms with Gasteiger partial charge in [0.1, 0.15) is 11.6 Å². The predicted molar refractivity (Wildman–Crippen MR) is 154 cm³/mol. The van der Waals surface area contributed by atoms with Gasteiger partial charge < -0.3 is 25.7 Å². The highest BCUT2D eigenvalue weighted by molar-refractivity contribution is 6.38. The van der Waals surface area contributed by atoms with Crippen molar-refractivity contribution in [3.05, 3.63) is 36.1 Å². The summed E-state index contributed by atoms with van der Waals surface area (Å²) in [5.74, 6) is -3.07. The first-order valence-electron chi connectivity index (χ1n) is 14.7. The lowest BCUT2D eigenvalue weighted by atomic mass is 9.84. The highest BCUT2D eigenvalue weighted by Gasteiger charge is 2.36. The molecule has 1 aromatic carbocycles. The van der Waals surface area contributed by atoms with Gasteiger partial charge in [-0.25, -0.2) is 0 Å². The molecule has 2 fully saturated rings. The van der Waals surface area contributed by atoms with Crippen LogP contribution in [0, 0.1) is 17.3 Å².